The lowest BCUT2D eigenvalue weighted by Gasteiger charge is -2.21. The smallest absolute Gasteiger partial charge is 0.338 e. The molecular weight excluding hydrogens is 500 g/mol. The average Bonchev–Trinajstić information content (AvgIpc) is 3.41. The summed E-state index contributed by atoms with van der Waals surface area (Å²) in [5, 5.41) is 0. The number of hydrogen-bond donors (Lipinski definition) is 0. The first kappa shape index (κ1) is 34.2. The third-order valence-electron chi connectivity index (χ3n) is 7.62. The van der Waals surface area contributed by atoms with Crippen molar-refractivity contribution in [1.82, 2.24) is 9.80 Å². The molecular formula is C34H58N2O4. The van der Waals surface area contributed by atoms with Crippen molar-refractivity contribution >= 4 is 5.97 Å². The van der Waals surface area contributed by atoms with Crippen molar-refractivity contribution in [2.24, 2.45) is 0 Å². The Morgan fingerprint density at radius 3 is 1.90 bits per heavy atom. The Kier molecular flexibility index (Phi) is 19.3. The number of unbranched alkanes of at least 4 members (excludes halogenated alkanes) is 13. The van der Waals surface area contributed by atoms with Crippen LogP contribution in [-0.2, 0) is 20.8 Å². The highest BCUT2D eigenvalue weighted by Crippen LogP contribution is 2.15. The molecule has 6 nitrogen and oxygen atoms in total. The predicted octanol–water partition coefficient (Wildman–Crippen LogP) is 8.31. The molecule has 0 saturated heterocycles. The van der Waals surface area contributed by atoms with E-state index >= 15 is 0 Å². The summed E-state index contributed by atoms with van der Waals surface area (Å²) in [4.78, 5) is 17.1. The van der Waals surface area contributed by atoms with E-state index in [0.29, 0.717) is 12.2 Å². The van der Waals surface area contributed by atoms with E-state index in [2.05, 4.69) is 36.0 Å². The largest absolute Gasteiger partial charge is 0.459 e. The van der Waals surface area contributed by atoms with E-state index in [0.717, 1.165) is 39.2 Å². The van der Waals surface area contributed by atoms with Crippen molar-refractivity contribution in [2.45, 2.75) is 123 Å². The van der Waals surface area contributed by atoms with Crippen molar-refractivity contribution in [1.29, 1.82) is 0 Å². The summed E-state index contributed by atoms with van der Waals surface area (Å²) in [7, 11) is 1.64. The number of hydrogen-bond acceptors (Lipinski definition) is 6. The second-order valence-electron chi connectivity index (χ2n) is 11.3. The lowest BCUT2D eigenvalue weighted by molar-refractivity contribution is -0.0314. The van der Waals surface area contributed by atoms with Crippen molar-refractivity contribution < 1.29 is 19.0 Å². The third kappa shape index (κ3) is 15.7. The van der Waals surface area contributed by atoms with Gasteiger partial charge in [-0.25, -0.2) is 4.79 Å². The molecule has 0 fully saturated rings. The van der Waals surface area contributed by atoms with Crippen LogP contribution < -0.4 is 0 Å². The molecule has 1 aromatic carbocycles. The summed E-state index contributed by atoms with van der Waals surface area (Å²) >= 11 is 0. The van der Waals surface area contributed by atoms with Crippen LogP contribution in [0.25, 0.3) is 0 Å². The molecule has 1 atom stereocenters. The molecule has 0 aliphatic carbocycles. The molecule has 0 radical (unpaired) electrons. The molecule has 228 valence electrons. The first-order valence-electron chi connectivity index (χ1n) is 16.2. The number of esters is 1. The zero-order chi connectivity index (χ0) is 28.7. The van der Waals surface area contributed by atoms with E-state index in [9.17, 15) is 4.79 Å². The fraction of sp³-hybridized carbons (Fsp3) is 0.735. The van der Waals surface area contributed by atoms with E-state index < -0.39 is 0 Å². The van der Waals surface area contributed by atoms with E-state index in [-0.39, 0.29) is 18.7 Å². The molecule has 0 aromatic heterocycles. The van der Waals surface area contributed by atoms with E-state index in [1.807, 2.05) is 24.3 Å². The lowest BCUT2D eigenvalue weighted by Crippen LogP contribution is -2.26. The molecule has 1 heterocycles. The van der Waals surface area contributed by atoms with Crippen LogP contribution in [0.1, 0.15) is 126 Å². The van der Waals surface area contributed by atoms with E-state index in [1.54, 1.807) is 7.11 Å². The fourth-order valence-electron chi connectivity index (χ4n) is 5.08. The van der Waals surface area contributed by atoms with E-state index in [4.69, 9.17) is 14.2 Å². The number of rotatable bonds is 25. The highest BCUT2D eigenvalue weighted by atomic mass is 16.6. The maximum absolute atomic E-state index is 12.5. The number of carbonyl (C=O) groups excluding carboxylic acids is 1. The van der Waals surface area contributed by atoms with Gasteiger partial charge in [0, 0.05) is 39.2 Å². The standard InChI is InChI=1S/C34H58N2O4/c1-4-6-7-8-9-10-11-12-13-14-15-16-17-18-26-39-28-33(38-3)29-40-34(37)32-21-19-31(20-22-32)27-36-25-24-35(30-36)23-5-2/h19-22,24-25,33H,4-18,23,26-30H2,1-3H3. The molecule has 1 unspecified atom stereocenters. The van der Waals surface area contributed by atoms with Gasteiger partial charge in [-0.1, -0.05) is 109 Å². The number of carbonyl (C=O) groups is 1. The fourth-order valence-corrected chi connectivity index (χ4v) is 5.08. The van der Waals surface area contributed by atoms with Crippen LogP contribution in [0.15, 0.2) is 36.7 Å². The van der Waals surface area contributed by atoms with Gasteiger partial charge in [-0.15, -0.1) is 0 Å². The van der Waals surface area contributed by atoms with Gasteiger partial charge in [-0.2, -0.15) is 0 Å². The molecule has 40 heavy (non-hydrogen) atoms. The van der Waals surface area contributed by atoms with Gasteiger partial charge in [0.1, 0.15) is 12.7 Å². The van der Waals surface area contributed by atoms with Crippen LogP contribution in [0.3, 0.4) is 0 Å². The predicted molar refractivity (Wildman–Crippen MR) is 165 cm³/mol. The van der Waals surface area contributed by atoms with Crippen molar-refractivity contribution in [3.05, 3.63) is 47.8 Å². The molecule has 0 N–H and O–H groups in total. The SMILES string of the molecule is CCCCCCCCCCCCCCCCOCC(COC(=O)c1ccc(CN2C=CN(CCC)C2)cc1)OC. The topological polar surface area (TPSA) is 51.2 Å². The first-order chi connectivity index (χ1) is 19.7. The average molecular weight is 559 g/mol. The summed E-state index contributed by atoms with van der Waals surface area (Å²) in [5.74, 6) is -0.323. The highest BCUT2D eigenvalue weighted by Gasteiger charge is 2.15. The summed E-state index contributed by atoms with van der Waals surface area (Å²) in [6, 6.07) is 7.69. The number of benzene rings is 1. The van der Waals surface area contributed by atoms with Crippen molar-refractivity contribution in [3.8, 4) is 0 Å². The molecule has 2 rings (SSSR count). The maximum atomic E-state index is 12.5. The Labute approximate surface area is 245 Å². The molecule has 0 amide bonds. The summed E-state index contributed by atoms with van der Waals surface area (Å²) in [6.07, 6.45) is 24.1. The minimum atomic E-state index is -0.323. The van der Waals surface area contributed by atoms with Gasteiger partial charge in [-0.3, -0.25) is 0 Å². The van der Waals surface area contributed by atoms with Gasteiger partial charge < -0.3 is 24.0 Å². The van der Waals surface area contributed by atoms with Gasteiger partial charge in [0.05, 0.1) is 18.8 Å². The quantitative estimate of drug-likeness (QED) is 0.0888. The third-order valence-corrected chi connectivity index (χ3v) is 7.62. The second kappa shape index (κ2) is 22.6. The number of methoxy groups -OCH3 is 1. The van der Waals surface area contributed by atoms with Gasteiger partial charge in [0.15, 0.2) is 0 Å². The Bertz CT molecular complexity index is 783. The minimum Gasteiger partial charge on any atom is -0.459 e. The molecule has 1 aliphatic heterocycles. The van der Waals surface area contributed by atoms with Crippen LogP contribution in [-0.4, -0.2) is 62.0 Å². The zero-order valence-electron chi connectivity index (χ0n) is 25.9. The lowest BCUT2D eigenvalue weighted by atomic mass is 10.0. The number of nitrogens with zero attached hydrogens (tertiary/aromatic N) is 2. The molecule has 0 bridgehead atoms. The number of ether oxygens (including phenoxy) is 3. The summed E-state index contributed by atoms with van der Waals surface area (Å²) in [5.41, 5.74) is 1.73. The Balaban J connectivity index is 1.45. The van der Waals surface area contributed by atoms with Crippen LogP contribution in [0.5, 0.6) is 0 Å². The van der Waals surface area contributed by atoms with Gasteiger partial charge in [0.2, 0.25) is 0 Å². The Hall–Kier alpha value is -2.05. The van der Waals surface area contributed by atoms with Crippen molar-refractivity contribution in [3.63, 3.8) is 0 Å². The molecule has 1 aliphatic rings. The summed E-state index contributed by atoms with van der Waals surface area (Å²) in [6.45, 7) is 8.66. The van der Waals surface area contributed by atoms with Crippen molar-refractivity contribution in [2.75, 3.05) is 40.1 Å². The van der Waals surface area contributed by atoms with Gasteiger partial charge in [-0.05, 0) is 30.5 Å². The van der Waals surface area contributed by atoms with E-state index in [1.165, 1.54) is 89.0 Å². The zero-order valence-corrected chi connectivity index (χ0v) is 25.9. The van der Waals surface area contributed by atoms with Gasteiger partial charge >= 0.3 is 5.97 Å². The minimum absolute atomic E-state index is 0.196. The second-order valence-corrected chi connectivity index (χ2v) is 11.3. The monoisotopic (exact) mass is 558 g/mol. The van der Waals surface area contributed by atoms with Crippen LogP contribution in [0, 0.1) is 0 Å². The Morgan fingerprint density at radius 1 is 0.750 bits per heavy atom. The highest BCUT2D eigenvalue weighted by molar-refractivity contribution is 5.89. The molecule has 1 aromatic rings. The van der Waals surface area contributed by atoms with Gasteiger partial charge in [0.25, 0.3) is 0 Å². The Morgan fingerprint density at radius 2 is 1.32 bits per heavy atom. The summed E-state index contributed by atoms with van der Waals surface area (Å²) < 4.78 is 16.8. The normalized spacial score (nSPS) is 13.8. The molecule has 6 heteroatoms. The molecule has 0 saturated carbocycles. The first-order valence-corrected chi connectivity index (χ1v) is 16.2. The van der Waals surface area contributed by atoms with Crippen LogP contribution in [0.2, 0.25) is 0 Å². The van der Waals surface area contributed by atoms with Crippen LogP contribution >= 0.6 is 0 Å². The maximum Gasteiger partial charge on any atom is 0.338 e. The molecule has 0 spiro atoms. The van der Waals surface area contributed by atoms with Crippen LogP contribution in [0.4, 0.5) is 0 Å².